The van der Waals surface area contributed by atoms with Gasteiger partial charge >= 0.3 is 17.8 Å². The summed E-state index contributed by atoms with van der Waals surface area (Å²) >= 11 is 1.13. The number of aryl methyl sites for hydroxylation is 1. The van der Waals surface area contributed by atoms with Crippen LogP contribution in [0.25, 0.3) is 21.2 Å². The fourth-order valence-electron chi connectivity index (χ4n) is 3.88. The molecule has 0 unspecified atom stereocenters. The summed E-state index contributed by atoms with van der Waals surface area (Å²) in [5.41, 5.74) is -3.46. The molecule has 0 spiro atoms. The minimum atomic E-state index is -5.60. The lowest BCUT2D eigenvalue weighted by atomic mass is 9.92. The van der Waals surface area contributed by atoms with Crippen molar-refractivity contribution in [3.05, 3.63) is 64.5 Å². The zero-order chi connectivity index (χ0) is 21.9. The number of fused-ring (bicyclic) bond motifs is 1. The van der Waals surface area contributed by atoms with Gasteiger partial charge in [-0.15, -0.1) is 11.3 Å². The largest absolute Gasteiger partial charge is 0.496 e. The van der Waals surface area contributed by atoms with Gasteiger partial charge in [-0.2, -0.15) is 26.3 Å². The topological polar surface area (TPSA) is 9.23 Å². The van der Waals surface area contributed by atoms with E-state index in [0.29, 0.717) is 9.58 Å². The minimum absolute atomic E-state index is 0.184. The highest BCUT2D eigenvalue weighted by Gasteiger charge is 2.80. The number of ether oxygens (including phenoxy) is 1. The van der Waals surface area contributed by atoms with Gasteiger partial charge in [-0.05, 0) is 18.6 Å². The zero-order valence-electron chi connectivity index (χ0n) is 15.9. The Balaban J connectivity index is 2.21. The first-order chi connectivity index (χ1) is 14.1. The monoisotopic (exact) mass is 442 g/mol. The molecule has 0 saturated heterocycles. The van der Waals surface area contributed by atoms with Gasteiger partial charge in [-0.3, -0.25) is 0 Å². The predicted molar refractivity (Wildman–Crippen MR) is 106 cm³/mol. The average molecular weight is 442 g/mol. The molecular weight excluding hydrogens is 426 g/mol. The molecule has 0 radical (unpaired) electrons. The molecule has 1 nitrogen and oxygen atoms in total. The summed E-state index contributed by atoms with van der Waals surface area (Å²) in [4.78, 5) is 0.340. The highest BCUT2D eigenvalue weighted by molar-refractivity contribution is 7.19. The Hall–Kier alpha value is -2.48. The number of hydrogen-bond acceptors (Lipinski definition) is 2. The molecule has 0 amide bonds. The number of allylic oxidation sites excluding steroid dienone is 2. The molecule has 0 N–H and O–H groups in total. The molecule has 1 aliphatic carbocycles. The molecule has 3 aromatic rings. The number of alkyl halides is 6. The van der Waals surface area contributed by atoms with Crippen LogP contribution in [0, 0.1) is 0 Å². The molecule has 158 valence electrons. The Morgan fingerprint density at radius 1 is 0.833 bits per heavy atom. The Morgan fingerprint density at radius 2 is 1.43 bits per heavy atom. The molecule has 0 atom stereocenters. The van der Waals surface area contributed by atoms with E-state index in [1.807, 2.05) is 0 Å². The van der Waals surface area contributed by atoms with E-state index < -0.39 is 34.5 Å². The van der Waals surface area contributed by atoms with Crippen molar-refractivity contribution in [1.82, 2.24) is 0 Å². The first-order valence-electron chi connectivity index (χ1n) is 9.12. The van der Waals surface area contributed by atoms with Crippen molar-refractivity contribution in [1.29, 1.82) is 0 Å². The fourth-order valence-corrected chi connectivity index (χ4v) is 5.03. The Labute approximate surface area is 172 Å². The van der Waals surface area contributed by atoms with Gasteiger partial charge in [0.1, 0.15) is 5.75 Å². The molecule has 0 saturated carbocycles. The van der Waals surface area contributed by atoms with Gasteiger partial charge in [0.25, 0.3) is 0 Å². The summed E-state index contributed by atoms with van der Waals surface area (Å²) in [6, 6.07) is 11.5. The van der Waals surface area contributed by atoms with E-state index in [2.05, 4.69) is 0 Å². The van der Waals surface area contributed by atoms with Crippen LogP contribution in [-0.4, -0.2) is 24.9 Å². The van der Waals surface area contributed by atoms with Gasteiger partial charge in [0, 0.05) is 37.2 Å². The fraction of sp³-hybridized carbons (Fsp3) is 0.273. The Kier molecular flexibility index (Phi) is 4.69. The van der Waals surface area contributed by atoms with Crippen molar-refractivity contribution in [3.63, 3.8) is 0 Å². The van der Waals surface area contributed by atoms with Crippen LogP contribution >= 0.6 is 11.3 Å². The Morgan fingerprint density at radius 3 is 2.10 bits per heavy atom. The second-order valence-electron chi connectivity index (χ2n) is 6.92. The highest BCUT2D eigenvalue weighted by Crippen LogP contribution is 2.66. The van der Waals surface area contributed by atoms with Crippen LogP contribution in [0.4, 0.5) is 26.3 Å². The molecule has 4 rings (SSSR count). The maximum Gasteiger partial charge on any atom is 0.380 e. The summed E-state index contributed by atoms with van der Waals surface area (Å²) < 4.78 is 95.1. The number of thiophene rings is 1. The average Bonchev–Trinajstić information content (AvgIpc) is 3.13. The molecule has 0 bridgehead atoms. The van der Waals surface area contributed by atoms with Gasteiger partial charge in [0.15, 0.2) is 0 Å². The van der Waals surface area contributed by atoms with Crippen LogP contribution in [0.1, 0.15) is 22.9 Å². The lowest BCUT2D eigenvalue weighted by Gasteiger charge is -2.26. The normalized spacial score (nSPS) is 19.5. The first kappa shape index (κ1) is 20.8. The van der Waals surface area contributed by atoms with Gasteiger partial charge in [-0.25, -0.2) is 0 Å². The number of benzene rings is 2. The summed E-state index contributed by atoms with van der Waals surface area (Å²) in [5.74, 6) is -16.0. The number of para-hydroxylation sites is 1. The van der Waals surface area contributed by atoms with E-state index in [-0.39, 0.29) is 23.1 Å². The second-order valence-corrected chi connectivity index (χ2v) is 8.06. The van der Waals surface area contributed by atoms with E-state index in [0.717, 1.165) is 17.4 Å². The van der Waals surface area contributed by atoms with Crippen molar-refractivity contribution in [2.75, 3.05) is 7.11 Å². The van der Waals surface area contributed by atoms with Crippen molar-refractivity contribution in [3.8, 4) is 5.75 Å². The van der Waals surface area contributed by atoms with Gasteiger partial charge < -0.3 is 4.74 Å². The SMILES string of the molecule is CCc1sc2ccccc2c1C1=C(c2ccccc2OC)C(F)(F)C(F)(F)C1(F)F. The Bertz CT molecular complexity index is 1160. The molecule has 1 heterocycles. The van der Waals surface area contributed by atoms with Gasteiger partial charge in [0.05, 0.1) is 7.11 Å². The van der Waals surface area contributed by atoms with Crippen LogP contribution in [-0.2, 0) is 6.42 Å². The quantitative estimate of drug-likeness (QED) is 0.385. The minimum Gasteiger partial charge on any atom is -0.496 e. The highest BCUT2D eigenvalue weighted by atomic mass is 32.1. The van der Waals surface area contributed by atoms with E-state index in [1.165, 1.54) is 31.4 Å². The lowest BCUT2D eigenvalue weighted by Crippen LogP contribution is -2.49. The maximum atomic E-state index is 15.1. The molecular formula is C22H16F6OS. The third-order valence-electron chi connectivity index (χ3n) is 5.28. The lowest BCUT2D eigenvalue weighted by molar-refractivity contribution is -0.254. The van der Waals surface area contributed by atoms with E-state index >= 15 is 17.6 Å². The summed E-state index contributed by atoms with van der Waals surface area (Å²) in [6.07, 6.45) is 0.227. The first-order valence-corrected chi connectivity index (χ1v) is 9.94. The predicted octanol–water partition coefficient (Wildman–Crippen LogP) is 7.30. The number of hydrogen-bond donors (Lipinski definition) is 0. The van der Waals surface area contributed by atoms with Crippen molar-refractivity contribution in [2.45, 2.75) is 31.1 Å². The van der Waals surface area contributed by atoms with Crippen LogP contribution in [0.2, 0.25) is 0 Å². The van der Waals surface area contributed by atoms with Crippen LogP contribution < -0.4 is 4.74 Å². The van der Waals surface area contributed by atoms with Crippen LogP contribution in [0.3, 0.4) is 0 Å². The summed E-state index contributed by atoms with van der Waals surface area (Å²) in [5, 5.41) is 0.245. The number of halogens is 6. The third kappa shape index (κ3) is 2.55. The van der Waals surface area contributed by atoms with E-state index in [4.69, 9.17) is 4.74 Å². The molecule has 8 heteroatoms. The number of rotatable bonds is 4. The zero-order valence-corrected chi connectivity index (χ0v) is 16.7. The van der Waals surface area contributed by atoms with Crippen molar-refractivity contribution < 1.29 is 31.1 Å². The van der Waals surface area contributed by atoms with Crippen molar-refractivity contribution >= 4 is 32.6 Å². The van der Waals surface area contributed by atoms with Crippen LogP contribution in [0.5, 0.6) is 5.75 Å². The molecule has 0 fully saturated rings. The third-order valence-corrected chi connectivity index (χ3v) is 6.60. The van der Waals surface area contributed by atoms with E-state index in [9.17, 15) is 8.78 Å². The van der Waals surface area contributed by atoms with E-state index in [1.54, 1.807) is 25.1 Å². The molecule has 2 aromatic carbocycles. The maximum absolute atomic E-state index is 15.1. The summed E-state index contributed by atoms with van der Waals surface area (Å²) in [6.45, 7) is 1.67. The summed E-state index contributed by atoms with van der Waals surface area (Å²) in [7, 11) is 1.17. The van der Waals surface area contributed by atoms with Crippen molar-refractivity contribution in [2.24, 2.45) is 0 Å². The smallest absolute Gasteiger partial charge is 0.380 e. The van der Waals surface area contributed by atoms with Gasteiger partial charge in [0.2, 0.25) is 0 Å². The molecule has 1 aromatic heterocycles. The molecule has 30 heavy (non-hydrogen) atoms. The van der Waals surface area contributed by atoms with Gasteiger partial charge in [-0.1, -0.05) is 43.3 Å². The standard InChI is InChI=1S/C22H16F6OS/c1-3-15-17(13-9-5-7-11-16(13)30-15)19-18(12-8-4-6-10-14(12)29-2)20(23,24)22(27,28)21(19,25)26/h4-11H,3H2,1-2H3. The molecule has 0 aliphatic heterocycles. The molecule has 1 aliphatic rings. The second kappa shape index (κ2) is 6.77. The number of methoxy groups -OCH3 is 1. The van der Waals surface area contributed by atoms with Crippen LogP contribution in [0.15, 0.2) is 48.5 Å².